The number of hydrogen-bond donors (Lipinski definition) is 1. The van der Waals surface area contributed by atoms with Crippen LogP contribution in [0.1, 0.15) is 16.7 Å². The van der Waals surface area contributed by atoms with Gasteiger partial charge in [0.2, 0.25) is 15.9 Å². The molecule has 0 aliphatic carbocycles. The Bertz CT molecular complexity index is 1270. The summed E-state index contributed by atoms with van der Waals surface area (Å²) in [5, 5.41) is 2.87. The van der Waals surface area contributed by atoms with Crippen LogP contribution in [0.4, 0.5) is 8.78 Å². The van der Waals surface area contributed by atoms with Gasteiger partial charge in [0.1, 0.15) is 17.7 Å². The topological polar surface area (TPSA) is 66.5 Å². The van der Waals surface area contributed by atoms with E-state index in [1.807, 2.05) is 18.2 Å². The maximum absolute atomic E-state index is 13.3. The molecule has 0 saturated heterocycles. The van der Waals surface area contributed by atoms with Gasteiger partial charge >= 0.3 is 0 Å². The molecule has 4 rings (SSSR count). The maximum atomic E-state index is 13.3. The minimum absolute atomic E-state index is 0.00523. The van der Waals surface area contributed by atoms with Crippen LogP contribution in [0.5, 0.6) is 0 Å². The van der Waals surface area contributed by atoms with Crippen LogP contribution in [0.3, 0.4) is 0 Å². The van der Waals surface area contributed by atoms with E-state index in [4.69, 9.17) is 11.6 Å². The molecule has 1 amide bonds. The van der Waals surface area contributed by atoms with Gasteiger partial charge in [0, 0.05) is 18.1 Å². The predicted octanol–water partition coefficient (Wildman–Crippen LogP) is 4.05. The molecule has 1 aliphatic heterocycles. The van der Waals surface area contributed by atoms with E-state index in [0.29, 0.717) is 5.56 Å². The largest absolute Gasteiger partial charge is 0.351 e. The van der Waals surface area contributed by atoms with Crippen LogP contribution in [0.25, 0.3) is 0 Å². The smallest absolute Gasteiger partial charge is 0.244 e. The molecule has 1 heterocycles. The zero-order chi connectivity index (χ0) is 22.9. The van der Waals surface area contributed by atoms with E-state index in [1.54, 1.807) is 6.07 Å². The van der Waals surface area contributed by atoms with E-state index in [9.17, 15) is 22.0 Å². The fourth-order valence-electron chi connectivity index (χ4n) is 3.68. The highest BCUT2D eigenvalue weighted by atomic mass is 35.5. The third kappa shape index (κ3) is 4.53. The van der Waals surface area contributed by atoms with Crippen LogP contribution in [0.15, 0.2) is 71.6 Å². The fraction of sp³-hybridized carbons (Fsp3) is 0.174. The SMILES string of the molecule is O=C(NCc1ccc(F)cc1Cl)C1Cc2ccccc2CN1S(=O)(=O)c1ccc(F)cc1. The summed E-state index contributed by atoms with van der Waals surface area (Å²) in [6.07, 6.45) is 0.180. The third-order valence-electron chi connectivity index (χ3n) is 5.40. The predicted molar refractivity (Wildman–Crippen MR) is 116 cm³/mol. The van der Waals surface area contributed by atoms with Crippen molar-refractivity contribution >= 4 is 27.5 Å². The Hall–Kier alpha value is -2.81. The molecule has 0 spiro atoms. The highest BCUT2D eigenvalue weighted by Crippen LogP contribution is 2.29. The lowest BCUT2D eigenvalue weighted by molar-refractivity contribution is -0.125. The summed E-state index contributed by atoms with van der Waals surface area (Å²) in [6.45, 7) is 0.0196. The standard InChI is InChI=1S/C23H19ClF2N2O3S/c24-21-12-19(26)6-5-16(21)13-27-23(29)22-11-15-3-1-2-4-17(15)14-28(22)32(30,31)20-9-7-18(25)8-10-20/h1-10,12,22H,11,13-14H2,(H,27,29). The van der Waals surface area contributed by atoms with Crippen LogP contribution in [0, 0.1) is 11.6 Å². The molecule has 0 bridgehead atoms. The van der Waals surface area contributed by atoms with Crippen molar-refractivity contribution in [1.82, 2.24) is 9.62 Å². The number of sulfonamides is 1. The summed E-state index contributed by atoms with van der Waals surface area (Å²) >= 11 is 6.03. The lowest BCUT2D eigenvalue weighted by Crippen LogP contribution is -2.52. The van der Waals surface area contributed by atoms with Crippen LogP contribution >= 0.6 is 11.6 Å². The fourth-order valence-corrected chi connectivity index (χ4v) is 5.48. The van der Waals surface area contributed by atoms with Gasteiger partial charge < -0.3 is 5.32 Å². The van der Waals surface area contributed by atoms with Gasteiger partial charge in [0.05, 0.1) is 4.90 Å². The number of hydrogen-bond acceptors (Lipinski definition) is 3. The number of halogens is 3. The number of nitrogens with zero attached hydrogens (tertiary/aromatic N) is 1. The van der Waals surface area contributed by atoms with E-state index in [-0.39, 0.29) is 29.4 Å². The second-order valence-electron chi connectivity index (χ2n) is 7.45. The molecule has 5 nitrogen and oxygen atoms in total. The minimum atomic E-state index is -4.08. The van der Waals surface area contributed by atoms with Crippen molar-refractivity contribution in [3.8, 4) is 0 Å². The van der Waals surface area contributed by atoms with Gasteiger partial charge in [-0.05, 0) is 59.5 Å². The Balaban J connectivity index is 1.64. The highest BCUT2D eigenvalue weighted by Gasteiger charge is 2.39. The first-order valence-corrected chi connectivity index (χ1v) is 11.6. The van der Waals surface area contributed by atoms with E-state index in [1.165, 1.54) is 24.3 Å². The van der Waals surface area contributed by atoms with Crippen molar-refractivity contribution in [3.05, 3.63) is 100 Å². The molecule has 0 aromatic heterocycles. The number of benzene rings is 3. The molecule has 1 atom stereocenters. The second kappa shape index (κ2) is 8.97. The van der Waals surface area contributed by atoms with Crippen molar-refractivity contribution in [2.24, 2.45) is 0 Å². The molecular weight excluding hydrogens is 458 g/mol. The molecule has 3 aromatic rings. The van der Waals surface area contributed by atoms with Gasteiger partial charge in [-0.1, -0.05) is 41.9 Å². The summed E-state index contributed by atoms with van der Waals surface area (Å²) in [5.74, 6) is -1.56. The molecule has 1 unspecified atom stereocenters. The van der Waals surface area contributed by atoms with Crippen molar-refractivity contribution in [1.29, 1.82) is 0 Å². The van der Waals surface area contributed by atoms with E-state index in [0.717, 1.165) is 33.6 Å². The molecule has 0 saturated carbocycles. The van der Waals surface area contributed by atoms with Gasteiger partial charge in [-0.3, -0.25) is 4.79 Å². The molecule has 9 heteroatoms. The second-order valence-corrected chi connectivity index (χ2v) is 9.74. The molecule has 166 valence electrons. The number of fused-ring (bicyclic) bond motifs is 1. The molecule has 3 aromatic carbocycles. The van der Waals surface area contributed by atoms with Crippen LogP contribution in [0.2, 0.25) is 5.02 Å². The lowest BCUT2D eigenvalue weighted by atomic mass is 9.95. The van der Waals surface area contributed by atoms with Gasteiger partial charge in [0.15, 0.2) is 0 Å². The number of carbonyl (C=O) groups is 1. The van der Waals surface area contributed by atoms with E-state index >= 15 is 0 Å². The van der Waals surface area contributed by atoms with E-state index < -0.39 is 33.6 Å². The van der Waals surface area contributed by atoms with Crippen molar-refractivity contribution < 1.29 is 22.0 Å². The first-order valence-electron chi connectivity index (χ1n) is 9.81. The number of carbonyl (C=O) groups excluding carboxylic acids is 1. The van der Waals surface area contributed by atoms with Gasteiger partial charge in [0.25, 0.3) is 0 Å². The third-order valence-corrected chi connectivity index (χ3v) is 7.62. The summed E-state index contributed by atoms with van der Waals surface area (Å²) in [7, 11) is -4.08. The Morgan fingerprint density at radius 1 is 1.00 bits per heavy atom. The molecule has 1 aliphatic rings. The lowest BCUT2D eigenvalue weighted by Gasteiger charge is -2.35. The highest BCUT2D eigenvalue weighted by molar-refractivity contribution is 7.89. The molecular formula is C23H19ClF2N2O3S. The van der Waals surface area contributed by atoms with E-state index in [2.05, 4.69) is 5.32 Å². The number of rotatable bonds is 5. The van der Waals surface area contributed by atoms with Crippen molar-refractivity contribution in [2.75, 3.05) is 0 Å². The number of amides is 1. The normalized spacial score (nSPS) is 16.4. The minimum Gasteiger partial charge on any atom is -0.351 e. The van der Waals surface area contributed by atoms with Gasteiger partial charge in [-0.15, -0.1) is 0 Å². The summed E-state index contributed by atoms with van der Waals surface area (Å²) in [5.41, 5.74) is 2.17. The Morgan fingerprint density at radius 3 is 2.34 bits per heavy atom. The zero-order valence-electron chi connectivity index (χ0n) is 16.8. The Kier molecular flexibility index (Phi) is 6.28. The monoisotopic (exact) mass is 476 g/mol. The molecule has 0 fully saturated rings. The first kappa shape index (κ1) is 22.4. The Morgan fingerprint density at radius 2 is 1.66 bits per heavy atom. The average Bonchev–Trinajstić information content (AvgIpc) is 2.77. The number of nitrogens with one attached hydrogen (secondary N) is 1. The van der Waals surface area contributed by atoms with Gasteiger partial charge in [-0.2, -0.15) is 4.31 Å². The molecule has 0 radical (unpaired) electrons. The maximum Gasteiger partial charge on any atom is 0.244 e. The Labute approximate surface area is 189 Å². The van der Waals surface area contributed by atoms with Crippen molar-refractivity contribution in [3.63, 3.8) is 0 Å². The summed E-state index contributed by atoms with van der Waals surface area (Å²) in [6, 6.07) is 14.6. The molecule has 32 heavy (non-hydrogen) atoms. The first-order chi connectivity index (χ1) is 15.3. The average molecular weight is 477 g/mol. The van der Waals surface area contributed by atoms with Crippen LogP contribution in [-0.4, -0.2) is 24.7 Å². The summed E-state index contributed by atoms with van der Waals surface area (Å²) < 4.78 is 54.4. The zero-order valence-corrected chi connectivity index (χ0v) is 18.3. The van der Waals surface area contributed by atoms with Crippen LogP contribution < -0.4 is 5.32 Å². The van der Waals surface area contributed by atoms with Gasteiger partial charge in [-0.25, -0.2) is 17.2 Å². The molecule has 1 N–H and O–H groups in total. The van der Waals surface area contributed by atoms with Crippen molar-refractivity contribution in [2.45, 2.75) is 30.4 Å². The quantitative estimate of drug-likeness (QED) is 0.604. The summed E-state index contributed by atoms with van der Waals surface area (Å²) in [4.78, 5) is 13.0. The van der Waals surface area contributed by atoms with Crippen LogP contribution in [-0.2, 0) is 34.3 Å².